The van der Waals surface area contributed by atoms with Crippen LogP contribution in [0.25, 0.3) is 10.9 Å². The van der Waals surface area contributed by atoms with Crippen LogP contribution in [0.2, 0.25) is 0 Å². The van der Waals surface area contributed by atoms with E-state index in [4.69, 9.17) is 0 Å². The second-order valence-electron chi connectivity index (χ2n) is 5.63. The second kappa shape index (κ2) is 3.14. The molecule has 0 atom stereocenters. The van der Waals surface area contributed by atoms with Crippen molar-refractivity contribution in [1.82, 2.24) is 9.47 Å². The van der Waals surface area contributed by atoms with Crippen LogP contribution >= 0.6 is 0 Å². The first-order chi connectivity index (χ1) is 8.24. The number of likely N-dealkylation sites (N-methyl/N-ethyl adjacent to an activating group) is 1. The van der Waals surface area contributed by atoms with E-state index in [0.717, 1.165) is 6.54 Å². The summed E-state index contributed by atoms with van der Waals surface area (Å²) in [6, 6.07) is 4.76. The fourth-order valence-corrected chi connectivity index (χ4v) is 3.63. The smallest absolute Gasteiger partial charge is 0.0519 e. The van der Waals surface area contributed by atoms with Gasteiger partial charge in [-0.1, -0.05) is 11.6 Å². The van der Waals surface area contributed by atoms with E-state index in [9.17, 15) is 0 Å². The predicted octanol–water partition coefficient (Wildman–Crippen LogP) is 2.49. The van der Waals surface area contributed by atoms with Crippen LogP contribution in [-0.2, 0) is 25.9 Å². The third-order valence-corrected chi connectivity index (χ3v) is 4.37. The summed E-state index contributed by atoms with van der Waals surface area (Å²) in [5, 5.41) is 1.53. The van der Waals surface area contributed by atoms with Crippen molar-refractivity contribution in [2.75, 3.05) is 13.6 Å². The standard InChI is InChI=1S/C15H18N2/c1-10-7-11-3-6-17-14-4-5-16(2)9-13(14)12(8-10)15(11)17/h7-8H,3-6,9H2,1-2H3. The summed E-state index contributed by atoms with van der Waals surface area (Å²) < 4.78 is 2.59. The van der Waals surface area contributed by atoms with Crippen molar-refractivity contribution < 1.29 is 0 Å². The predicted molar refractivity (Wildman–Crippen MR) is 70.4 cm³/mol. The minimum atomic E-state index is 1.13. The van der Waals surface area contributed by atoms with E-state index in [2.05, 4.69) is 35.6 Å². The van der Waals surface area contributed by atoms with Gasteiger partial charge in [0.15, 0.2) is 0 Å². The van der Waals surface area contributed by atoms with Crippen LogP contribution in [-0.4, -0.2) is 23.1 Å². The van der Waals surface area contributed by atoms with Gasteiger partial charge in [-0.2, -0.15) is 0 Å². The van der Waals surface area contributed by atoms with Gasteiger partial charge in [0.1, 0.15) is 0 Å². The topological polar surface area (TPSA) is 8.17 Å². The van der Waals surface area contributed by atoms with Gasteiger partial charge in [-0.25, -0.2) is 0 Å². The number of fused-ring (bicyclic) bond motifs is 3. The lowest BCUT2D eigenvalue weighted by atomic mass is 10.00. The number of rotatable bonds is 0. The van der Waals surface area contributed by atoms with Crippen molar-refractivity contribution in [2.45, 2.75) is 32.9 Å². The van der Waals surface area contributed by atoms with E-state index < -0.39 is 0 Å². The largest absolute Gasteiger partial charge is 0.344 e. The number of aryl methyl sites for hydroxylation is 3. The molecule has 1 aromatic carbocycles. The number of aromatic nitrogens is 1. The molecule has 2 aliphatic rings. The minimum Gasteiger partial charge on any atom is -0.344 e. The van der Waals surface area contributed by atoms with Gasteiger partial charge in [0.25, 0.3) is 0 Å². The van der Waals surface area contributed by atoms with Gasteiger partial charge in [0.05, 0.1) is 5.52 Å². The number of benzene rings is 1. The summed E-state index contributed by atoms with van der Waals surface area (Å²) in [7, 11) is 2.23. The molecule has 0 bridgehead atoms. The summed E-state index contributed by atoms with van der Waals surface area (Å²) in [6.45, 7) is 5.76. The molecule has 0 saturated heterocycles. The summed E-state index contributed by atoms with van der Waals surface area (Å²) in [4.78, 5) is 2.44. The van der Waals surface area contributed by atoms with Crippen LogP contribution in [0.4, 0.5) is 0 Å². The maximum atomic E-state index is 2.59. The third-order valence-electron chi connectivity index (χ3n) is 4.37. The Kier molecular flexibility index (Phi) is 1.79. The Morgan fingerprint density at radius 2 is 2.00 bits per heavy atom. The summed E-state index contributed by atoms with van der Waals surface area (Å²) in [5.41, 5.74) is 7.73. The molecule has 2 nitrogen and oxygen atoms in total. The van der Waals surface area contributed by atoms with E-state index in [1.165, 1.54) is 42.4 Å². The molecule has 2 aromatic rings. The molecule has 17 heavy (non-hydrogen) atoms. The summed E-state index contributed by atoms with van der Waals surface area (Å²) in [6.07, 6.45) is 2.45. The molecule has 4 rings (SSSR count). The Morgan fingerprint density at radius 3 is 2.88 bits per heavy atom. The van der Waals surface area contributed by atoms with Crippen molar-refractivity contribution >= 4 is 10.9 Å². The first-order valence-corrected chi connectivity index (χ1v) is 6.56. The average Bonchev–Trinajstić information content (AvgIpc) is 2.83. The molecule has 0 fully saturated rings. The van der Waals surface area contributed by atoms with E-state index in [1.807, 2.05) is 0 Å². The Hall–Kier alpha value is -1.28. The van der Waals surface area contributed by atoms with Crippen molar-refractivity contribution in [2.24, 2.45) is 0 Å². The third kappa shape index (κ3) is 1.19. The molecule has 2 heteroatoms. The highest BCUT2D eigenvalue weighted by atomic mass is 15.1. The normalized spacial score (nSPS) is 18.9. The zero-order valence-electron chi connectivity index (χ0n) is 10.6. The molecular weight excluding hydrogens is 208 g/mol. The molecule has 88 valence electrons. The van der Waals surface area contributed by atoms with Gasteiger partial charge < -0.3 is 9.47 Å². The lowest BCUT2D eigenvalue weighted by molar-refractivity contribution is 0.309. The van der Waals surface area contributed by atoms with E-state index in [0.29, 0.717) is 0 Å². The van der Waals surface area contributed by atoms with E-state index in [1.54, 1.807) is 16.8 Å². The number of hydrogen-bond donors (Lipinski definition) is 0. The van der Waals surface area contributed by atoms with Crippen LogP contribution < -0.4 is 0 Å². The Balaban J connectivity index is 2.11. The highest BCUT2D eigenvalue weighted by Gasteiger charge is 2.26. The van der Waals surface area contributed by atoms with Gasteiger partial charge in [-0.3, -0.25) is 0 Å². The molecule has 2 aliphatic heterocycles. The lowest BCUT2D eigenvalue weighted by Crippen LogP contribution is -2.27. The SMILES string of the molecule is Cc1cc2c3c(c1)c1c(n3CC2)CCN(C)C1. The molecule has 3 heterocycles. The first-order valence-electron chi connectivity index (χ1n) is 6.56. The molecule has 0 N–H and O–H groups in total. The first kappa shape index (κ1) is 9.72. The minimum absolute atomic E-state index is 1.13. The zero-order chi connectivity index (χ0) is 11.6. The quantitative estimate of drug-likeness (QED) is 0.670. The fourth-order valence-electron chi connectivity index (χ4n) is 3.63. The van der Waals surface area contributed by atoms with E-state index >= 15 is 0 Å². The lowest BCUT2D eigenvalue weighted by Gasteiger charge is -2.24. The van der Waals surface area contributed by atoms with Gasteiger partial charge in [0.2, 0.25) is 0 Å². The number of nitrogens with zero attached hydrogens (tertiary/aromatic N) is 2. The highest BCUT2D eigenvalue weighted by Crippen LogP contribution is 2.36. The van der Waals surface area contributed by atoms with Crippen molar-refractivity contribution in [3.05, 3.63) is 34.5 Å². The van der Waals surface area contributed by atoms with Crippen molar-refractivity contribution in [3.63, 3.8) is 0 Å². The van der Waals surface area contributed by atoms with Crippen molar-refractivity contribution in [1.29, 1.82) is 0 Å². The molecule has 0 unspecified atom stereocenters. The monoisotopic (exact) mass is 226 g/mol. The molecule has 0 amide bonds. The van der Waals surface area contributed by atoms with Crippen LogP contribution in [0.5, 0.6) is 0 Å². The van der Waals surface area contributed by atoms with Crippen LogP contribution in [0.3, 0.4) is 0 Å². The summed E-state index contributed by atoms with van der Waals surface area (Å²) in [5.74, 6) is 0. The van der Waals surface area contributed by atoms with Gasteiger partial charge in [-0.15, -0.1) is 0 Å². The molecule has 1 aromatic heterocycles. The molecule has 0 spiro atoms. The number of hydrogen-bond acceptors (Lipinski definition) is 1. The van der Waals surface area contributed by atoms with Gasteiger partial charge in [0, 0.05) is 37.1 Å². The maximum Gasteiger partial charge on any atom is 0.0519 e. The van der Waals surface area contributed by atoms with Gasteiger partial charge in [-0.05, 0) is 37.6 Å². The summed E-state index contributed by atoms with van der Waals surface area (Å²) >= 11 is 0. The molecule has 0 saturated carbocycles. The maximum absolute atomic E-state index is 2.59. The van der Waals surface area contributed by atoms with Gasteiger partial charge >= 0.3 is 0 Å². The Morgan fingerprint density at radius 1 is 1.12 bits per heavy atom. The van der Waals surface area contributed by atoms with Crippen LogP contribution in [0.1, 0.15) is 22.4 Å². The average molecular weight is 226 g/mol. The highest BCUT2D eigenvalue weighted by molar-refractivity contribution is 5.90. The zero-order valence-corrected chi connectivity index (χ0v) is 10.6. The Bertz CT molecular complexity index is 622. The second-order valence-corrected chi connectivity index (χ2v) is 5.63. The van der Waals surface area contributed by atoms with Crippen molar-refractivity contribution in [3.8, 4) is 0 Å². The van der Waals surface area contributed by atoms with Crippen LogP contribution in [0, 0.1) is 6.92 Å². The van der Waals surface area contributed by atoms with E-state index in [-0.39, 0.29) is 0 Å². The van der Waals surface area contributed by atoms with Crippen LogP contribution in [0.15, 0.2) is 12.1 Å². The Labute approximate surface area is 102 Å². The fraction of sp³-hybridized carbons (Fsp3) is 0.467. The molecule has 0 radical (unpaired) electrons. The molecule has 0 aliphatic carbocycles. The molecular formula is C15H18N2.